The van der Waals surface area contributed by atoms with Gasteiger partial charge < -0.3 is 4.74 Å². The number of carbonyl (C=O) groups is 1. The molecule has 2 aromatic heterocycles. The first kappa shape index (κ1) is 13.7. The van der Waals surface area contributed by atoms with Crippen LogP contribution >= 0.6 is 15.9 Å². The second-order valence-electron chi connectivity index (χ2n) is 3.82. The summed E-state index contributed by atoms with van der Waals surface area (Å²) in [5.41, 5.74) is 1.29. The molecule has 0 amide bonds. The molecule has 0 spiro atoms. The summed E-state index contributed by atoms with van der Waals surface area (Å²) in [5.74, 6) is 0.322. The highest BCUT2D eigenvalue weighted by Gasteiger charge is 2.18. The van der Waals surface area contributed by atoms with Crippen molar-refractivity contribution in [2.45, 2.75) is 20.3 Å². The predicted molar refractivity (Wildman–Crippen MR) is 74.4 cm³/mol. The minimum Gasteiger partial charge on any atom is -0.462 e. The Morgan fingerprint density at radius 3 is 2.89 bits per heavy atom. The van der Waals surface area contributed by atoms with Crippen LogP contribution in [0.4, 0.5) is 0 Å². The minimum atomic E-state index is -0.347. The molecular weight excluding hydrogens is 310 g/mol. The SMILES string of the molecule is CCOC(=O)c1cnn(-c2cc(Br)ccn2)c1CC. The van der Waals surface area contributed by atoms with E-state index in [1.165, 1.54) is 6.20 Å². The molecule has 2 heterocycles. The van der Waals surface area contributed by atoms with Gasteiger partial charge in [0.25, 0.3) is 0 Å². The summed E-state index contributed by atoms with van der Waals surface area (Å²) in [5, 5.41) is 4.23. The van der Waals surface area contributed by atoms with Crippen LogP contribution in [0.25, 0.3) is 5.82 Å². The number of pyridine rings is 1. The van der Waals surface area contributed by atoms with Crippen LogP contribution in [0.15, 0.2) is 29.0 Å². The van der Waals surface area contributed by atoms with E-state index in [0.717, 1.165) is 10.2 Å². The van der Waals surface area contributed by atoms with Gasteiger partial charge in [0.05, 0.1) is 18.5 Å². The van der Waals surface area contributed by atoms with Crippen LogP contribution in [0.5, 0.6) is 0 Å². The number of aromatic nitrogens is 3. The largest absolute Gasteiger partial charge is 0.462 e. The average Bonchev–Trinajstić information content (AvgIpc) is 2.82. The molecule has 0 aromatic carbocycles. The van der Waals surface area contributed by atoms with Crippen molar-refractivity contribution in [3.05, 3.63) is 40.3 Å². The number of rotatable bonds is 4. The maximum Gasteiger partial charge on any atom is 0.341 e. The van der Waals surface area contributed by atoms with Gasteiger partial charge in [0.15, 0.2) is 5.82 Å². The summed E-state index contributed by atoms with van der Waals surface area (Å²) in [4.78, 5) is 16.1. The first-order valence-corrected chi connectivity index (χ1v) is 6.82. The minimum absolute atomic E-state index is 0.347. The summed E-state index contributed by atoms with van der Waals surface area (Å²) >= 11 is 3.39. The molecule has 19 heavy (non-hydrogen) atoms. The molecule has 100 valence electrons. The van der Waals surface area contributed by atoms with Gasteiger partial charge in [0.1, 0.15) is 5.56 Å². The van der Waals surface area contributed by atoms with E-state index >= 15 is 0 Å². The zero-order valence-corrected chi connectivity index (χ0v) is 12.3. The van der Waals surface area contributed by atoms with Crippen molar-refractivity contribution in [2.24, 2.45) is 0 Å². The fourth-order valence-electron chi connectivity index (χ4n) is 1.80. The fourth-order valence-corrected chi connectivity index (χ4v) is 2.12. The van der Waals surface area contributed by atoms with Crippen molar-refractivity contribution in [2.75, 3.05) is 6.61 Å². The normalized spacial score (nSPS) is 10.5. The molecule has 0 fully saturated rings. The van der Waals surface area contributed by atoms with E-state index in [-0.39, 0.29) is 5.97 Å². The Balaban J connectivity index is 2.45. The van der Waals surface area contributed by atoms with E-state index in [4.69, 9.17) is 4.74 Å². The highest BCUT2D eigenvalue weighted by molar-refractivity contribution is 9.10. The quantitative estimate of drug-likeness (QED) is 0.812. The monoisotopic (exact) mass is 323 g/mol. The number of esters is 1. The van der Waals surface area contributed by atoms with Gasteiger partial charge in [0, 0.05) is 10.7 Å². The van der Waals surface area contributed by atoms with E-state index in [2.05, 4.69) is 26.0 Å². The summed E-state index contributed by atoms with van der Waals surface area (Å²) in [6, 6.07) is 3.69. The van der Waals surface area contributed by atoms with E-state index in [9.17, 15) is 4.79 Å². The number of carbonyl (C=O) groups excluding carboxylic acids is 1. The lowest BCUT2D eigenvalue weighted by Crippen LogP contribution is -2.09. The van der Waals surface area contributed by atoms with Crippen molar-refractivity contribution in [3.8, 4) is 5.82 Å². The molecule has 0 aliphatic carbocycles. The third kappa shape index (κ3) is 2.84. The van der Waals surface area contributed by atoms with E-state index in [1.54, 1.807) is 17.8 Å². The molecule has 0 aliphatic rings. The number of hydrogen-bond acceptors (Lipinski definition) is 4. The molecule has 0 atom stereocenters. The first-order valence-electron chi connectivity index (χ1n) is 6.03. The van der Waals surface area contributed by atoms with E-state index < -0.39 is 0 Å². The third-order valence-electron chi connectivity index (χ3n) is 2.62. The maximum atomic E-state index is 11.8. The number of hydrogen-bond donors (Lipinski definition) is 0. The standard InChI is InChI=1S/C13H14BrN3O2/c1-3-11-10(13(18)19-4-2)8-16-17(11)12-7-9(14)5-6-15-12/h5-8H,3-4H2,1-2H3. The number of nitrogens with zero attached hydrogens (tertiary/aromatic N) is 3. The molecule has 5 nitrogen and oxygen atoms in total. The molecule has 6 heteroatoms. The Morgan fingerprint density at radius 2 is 2.26 bits per heavy atom. The maximum absolute atomic E-state index is 11.8. The number of ether oxygens (including phenoxy) is 1. The Bertz CT molecular complexity index is 595. The molecule has 0 saturated heterocycles. The van der Waals surface area contributed by atoms with Crippen molar-refractivity contribution >= 4 is 21.9 Å². The number of halogens is 1. The Kier molecular flexibility index (Phi) is 4.31. The zero-order valence-electron chi connectivity index (χ0n) is 10.8. The molecule has 0 bridgehead atoms. The third-order valence-corrected chi connectivity index (χ3v) is 3.12. The highest BCUT2D eigenvalue weighted by Crippen LogP contribution is 2.18. The van der Waals surface area contributed by atoms with Crippen LogP contribution in [-0.2, 0) is 11.2 Å². The topological polar surface area (TPSA) is 57.0 Å². The first-order chi connectivity index (χ1) is 9.17. The van der Waals surface area contributed by atoms with Gasteiger partial charge in [-0.1, -0.05) is 22.9 Å². The predicted octanol–water partition coefficient (Wildman–Crippen LogP) is 2.77. The molecule has 0 aliphatic heterocycles. The van der Waals surface area contributed by atoms with Gasteiger partial charge in [-0.2, -0.15) is 5.10 Å². The van der Waals surface area contributed by atoms with Gasteiger partial charge in [-0.3, -0.25) is 0 Å². The van der Waals surface area contributed by atoms with Crippen molar-refractivity contribution in [1.29, 1.82) is 0 Å². The zero-order chi connectivity index (χ0) is 13.8. The smallest absolute Gasteiger partial charge is 0.341 e. The summed E-state index contributed by atoms with van der Waals surface area (Å²) in [6.45, 7) is 4.10. The van der Waals surface area contributed by atoms with Gasteiger partial charge in [-0.05, 0) is 25.5 Å². The van der Waals surface area contributed by atoms with Gasteiger partial charge in [0.2, 0.25) is 0 Å². The molecule has 0 radical (unpaired) electrons. The molecule has 0 saturated carbocycles. The molecule has 0 unspecified atom stereocenters. The lowest BCUT2D eigenvalue weighted by atomic mass is 10.2. The molecule has 2 aromatic rings. The Labute approximate surface area is 119 Å². The Hall–Kier alpha value is -1.69. The van der Waals surface area contributed by atoms with Gasteiger partial charge in [-0.25, -0.2) is 14.5 Å². The van der Waals surface area contributed by atoms with Gasteiger partial charge >= 0.3 is 5.97 Å². The summed E-state index contributed by atoms with van der Waals surface area (Å²) in [6.07, 6.45) is 3.88. The second kappa shape index (κ2) is 5.97. The summed E-state index contributed by atoms with van der Waals surface area (Å²) in [7, 11) is 0. The van der Waals surface area contributed by atoms with Crippen LogP contribution in [0, 0.1) is 0 Å². The van der Waals surface area contributed by atoms with Crippen molar-refractivity contribution < 1.29 is 9.53 Å². The van der Waals surface area contributed by atoms with Crippen LogP contribution in [0.1, 0.15) is 29.9 Å². The molecule has 0 N–H and O–H groups in total. The van der Waals surface area contributed by atoms with Crippen LogP contribution in [0.2, 0.25) is 0 Å². The van der Waals surface area contributed by atoms with E-state index in [0.29, 0.717) is 24.4 Å². The van der Waals surface area contributed by atoms with Gasteiger partial charge in [-0.15, -0.1) is 0 Å². The average molecular weight is 324 g/mol. The molecular formula is C13H14BrN3O2. The van der Waals surface area contributed by atoms with Crippen LogP contribution in [-0.4, -0.2) is 27.3 Å². The lowest BCUT2D eigenvalue weighted by Gasteiger charge is -2.07. The summed E-state index contributed by atoms with van der Waals surface area (Å²) < 4.78 is 7.60. The Morgan fingerprint density at radius 1 is 1.47 bits per heavy atom. The van der Waals surface area contributed by atoms with Crippen LogP contribution in [0.3, 0.4) is 0 Å². The lowest BCUT2D eigenvalue weighted by molar-refractivity contribution is 0.0525. The van der Waals surface area contributed by atoms with E-state index in [1.807, 2.05) is 19.1 Å². The van der Waals surface area contributed by atoms with Crippen LogP contribution < -0.4 is 0 Å². The molecule has 2 rings (SSSR count). The highest BCUT2D eigenvalue weighted by atomic mass is 79.9. The second-order valence-corrected chi connectivity index (χ2v) is 4.74. The fraction of sp³-hybridized carbons (Fsp3) is 0.308. The van der Waals surface area contributed by atoms with Crippen molar-refractivity contribution in [1.82, 2.24) is 14.8 Å². The van der Waals surface area contributed by atoms with Crippen molar-refractivity contribution in [3.63, 3.8) is 0 Å².